The van der Waals surface area contributed by atoms with E-state index < -0.39 is 0 Å². The summed E-state index contributed by atoms with van der Waals surface area (Å²) in [4.78, 5) is 15.5. The number of aromatic nitrogens is 2. The van der Waals surface area contributed by atoms with Gasteiger partial charge < -0.3 is 9.64 Å². The van der Waals surface area contributed by atoms with Crippen molar-refractivity contribution in [3.63, 3.8) is 0 Å². The number of hydrogen-bond acceptors (Lipinski definition) is 4. The average Bonchev–Trinajstić information content (AvgIpc) is 3.26. The quantitative estimate of drug-likeness (QED) is 0.756. The zero-order valence-electron chi connectivity index (χ0n) is 14.1. The van der Waals surface area contributed by atoms with Gasteiger partial charge in [-0.05, 0) is 31.4 Å². The predicted molar refractivity (Wildman–Crippen MR) is 95.9 cm³/mol. The standard InChI is InChI=1S/C18H23N3O2S/c1-3-21-11-16-14(13-23-4-2)10-20(12-17(16)19-21)18(22)8-7-15-6-5-9-24-15/h5-9,11,14H,3-4,10,12-13H2,1-2H3/b8-7+/t14-/m0/s1. The Morgan fingerprint density at radius 2 is 2.38 bits per heavy atom. The second-order valence-electron chi connectivity index (χ2n) is 5.81. The minimum absolute atomic E-state index is 0.0293. The SMILES string of the molecule is CCOC[C@@H]1CN(C(=O)/C=C/c2cccs2)Cc2nn(CC)cc21. The Morgan fingerprint density at radius 1 is 1.50 bits per heavy atom. The smallest absolute Gasteiger partial charge is 0.246 e. The highest BCUT2D eigenvalue weighted by molar-refractivity contribution is 7.10. The van der Waals surface area contributed by atoms with Gasteiger partial charge in [-0.25, -0.2) is 0 Å². The summed E-state index contributed by atoms with van der Waals surface area (Å²) < 4.78 is 7.57. The van der Waals surface area contributed by atoms with Crippen LogP contribution in [-0.4, -0.2) is 40.3 Å². The molecule has 0 unspecified atom stereocenters. The lowest BCUT2D eigenvalue weighted by molar-refractivity contribution is -0.127. The molecule has 3 rings (SSSR count). The predicted octanol–water partition coefficient (Wildman–Crippen LogP) is 3.14. The Kier molecular flexibility index (Phi) is 5.48. The van der Waals surface area contributed by atoms with E-state index in [4.69, 9.17) is 4.74 Å². The monoisotopic (exact) mass is 345 g/mol. The number of amides is 1. The van der Waals surface area contributed by atoms with E-state index in [2.05, 4.69) is 18.2 Å². The Labute approximate surface area is 146 Å². The molecular formula is C18H23N3O2S. The number of aryl methyl sites for hydroxylation is 1. The van der Waals surface area contributed by atoms with Crippen LogP contribution in [0.4, 0.5) is 0 Å². The van der Waals surface area contributed by atoms with E-state index in [0.717, 1.165) is 17.1 Å². The Bertz CT molecular complexity index is 706. The molecule has 2 aromatic rings. The van der Waals surface area contributed by atoms with Gasteiger partial charge in [0.25, 0.3) is 0 Å². The summed E-state index contributed by atoms with van der Waals surface area (Å²) in [6.45, 7) is 7.45. The van der Waals surface area contributed by atoms with E-state index in [0.29, 0.717) is 26.3 Å². The molecule has 24 heavy (non-hydrogen) atoms. The molecule has 0 saturated carbocycles. The molecule has 3 heterocycles. The Hall–Kier alpha value is -1.92. The van der Waals surface area contributed by atoms with E-state index in [1.54, 1.807) is 17.4 Å². The van der Waals surface area contributed by atoms with Gasteiger partial charge in [0.1, 0.15) is 0 Å². The highest BCUT2D eigenvalue weighted by atomic mass is 32.1. The molecule has 0 aliphatic carbocycles. The summed E-state index contributed by atoms with van der Waals surface area (Å²) in [5.74, 6) is 0.217. The molecule has 5 nitrogen and oxygen atoms in total. The third kappa shape index (κ3) is 3.76. The second-order valence-corrected chi connectivity index (χ2v) is 6.79. The zero-order chi connectivity index (χ0) is 16.9. The van der Waals surface area contributed by atoms with Crippen LogP contribution >= 0.6 is 11.3 Å². The summed E-state index contributed by atoms with van der Waals surface area (Å²) in [5.41, 5.74) is 2.21. The van der Waals surface area contributed by atoms with Gasteiger partial charge >= 0.3 is 0 Å². The highest BCUT2D eigenvalue weighted by Crippen LogP contribution is 2.28. The number of hydrogen-bond donors (Lipinski definition) is 0. The minimum atomic E-state index is 0.0293. The van der Waals surface area contributed by atoms with Crippen molar-refractivity contribution >= 4 is 23.3 Å². The number of thiophene rings is 1. The first kappa shape index (κ1) is 16.9. The maximum Gasteiger partial charge on any atom is 0.246 e. The molecule has 0 aromatic carbocycles. The van der Waals surface area contributed by atoms with Crippen LogP contribution in [0.5, 0.6) is 0 Å². The summed E-state index contributed by atoms with van der Waals surface area (Å²) in [6.07, 6.45) is 5.64. The molecule has 0 radical (unpaired) electrons. The van der Waals surface area contributed by atoms with Gasteiger partial charge in [-0.2, -0.15) is 5.10 Å². The molecule has 2 aromatic heterocycles. The van der Waals surface area contributed by atoms with E-state index >= 15 is 0 Å². The third-order valence-corrected chi connectivity index (χ3v) is 5.02. The summed E-state index contributed by atoms with van der Waals surface area (Å²) in [7, 11) is 0. The van der Waals surface area contributed by atoms with E-state index in [9.17, 15) is 4.79 Å². The molecule has 1 aliphatic rings. The molecular weight excluding hydrogens is 322 g/mol. The Morgan fingerprint density at radius 3 is 3.08 bits per heavy atom. The van der Waals surface area contributed by atoms with Crippen LogP contribution in [0.1, 0.15) is 35.9 Å². The van der Waals surface area contributed by atoms with Gasteiger partial charge in [0.05, 0.1) is 18.8 Å². The molecule has 0 spiro atoms. The van der Waals surface area contributed by atoms with Crippen LogP contribution in [0.3, 0.4) is 0 Å². The maximum absolute atomic E-state index is 12.6. The van der Waals surface area contributed by atoms with Crippen LogP contribution in [0.15, 0.2) is 29.8 Å². The minimum Gasteiger partial charge on any atom is -0.381 e. The molecule has 0 N–H and O–H groups in total. The van der Waals surface area contributed by atoms with Crippen LogP contribution in [0, 0.1) is 0 Å². The van der Waals surface area contributed by atoms with E-state index in [1.165, 1.54) is 5.56 Å². The van der Waals surface area contributed by atoms with Gasteiger partial charge in [0, 0.05) is 48.3 Å². The van der Waals surface area contributed by atoms with Crippen LogP contribution in [0.25, 0.3) is 6.08 Å². The molecule has 0 bridgehead atoms. The van der Waals surface area contributed by atoms with Crippen LogP contribution in [0.2, 0.25) is 0 Å². The van der Waals surface area contributed by atoms with E-state index in [-0.39, 0.29) is 11.8 Å². The fraction of sp³-hybridized carbons (Fsp3) is 0.444. The summed E-state index contributed by atoms with van der Waals surface area (Å²) in [5, 5.41) is 6.62. The largest absolute Gasteiger partial charge is 0.381 e. The summed E-state index contributed by atoms with van der Waals surface area (Å²) in [6, 6.07) is 3.99. The molecule has 1 atom stereocenters. The fourth-order valence-electron chi connectivity index (χ4n) is 2.93. The number of rotatable bonds is 6. The molecule has 1 amide bonds. The first-order valence-corrected chi connectivity index (χ1v) is 9.23. The van der Waals surface area contributed by atoms with Crippen molar-refractivity contribution in [1.29, 1.82) is 0 Å². The Balaban J connectivity index is 1.76. The normalized spacial score (nSPS) is 17.4. The van der Waals surface area contributed by atoms with Crippen molar-refractivity contribution in [3.05, 3.63) is 45.9 Å². The fourth-order valence-corrected chi connectivity index (χ4v) is 3.55. The number of carbonyl (C=O) groups excluding carboxylic acids is 1. The number of fused-ring (bicyclic) bond motifs is 1. The molecule has 0 fully saturated rings. The van der Waals surface area contributed by atoms with Crippen molar-refractivity contribution < 1.29 is 9.53 Å². The summed E-state index contributed by atoms with van der Waals surface area (Å²) >= 11 is 1.62. The topological polar surface area (TPSA) is 47.4 Å². The lowest BCUT2D eigenvalue weighted by Gasteiger charge is -2.31. The molecule has 0 saturated heterocycles. The van der Waals surface area contributed by atoms with Gasteiger partial charge in [-0.3, -0.25) is 9.48 Å². The van der Waals surface area contributed by atoms with Crippen LogP contribution in [-0.2, 0) is 22.6 Å². The number of carbonyl (C=O) groups is 1. The maximum atomic E-state index is 12.6. The first-order chi connectivity index (χ1) is 11.7. The van der Waals surface area contributed by atoms with Crippen molar-refractivity contribution in [3.8, 4) is 0 Å². The second kappa shape index (κ2) is 7.77. The van der Waals surface area contributed by atoms with Crippen molar-refractivity contribution in [2.75, 3.05) is 19.8 Å². The van der Waals surface area contributed by atoms with Gasteiger partial charge in [0.2, 0.25) is 5.91 Å². The molecule has 1 aliphatic heterocycles. The zero-order valence-corrected chi connectivity index (χ0v) is 15.0. The lowest BCUT2D eigenvalue weighted by atomic mass is 9.95. The highest BCUT2D eigenvalue weighted by Gasteiger charge is 2.30. The van der Waals surface area contributed by atoms with Crippen molar-refractivity contribution in [2.24, 2.45) is 0 Å². The lowest BCUT2D eigenvalue weighted by Crippen LogP contribution is -2.38. The third-order valence-electron chi connectivity index (χ3n) is 4.18. The van der Waals surface area contributed by atoms with Gasteiger partial charge in [-0.15, -0.1) is 11.3 Å². The first-order valence-electron chi connectivity index (χ1n) is 8.35. The van der Waals surface area contributed by atoms with Gasteiger partial charge in [-0.1, -0.05) is 6.07 Å². The molecule has 128 valence electrons. The van der Waals surface area contributed by atoms with E-state index in [1.807, 2.05) is 40.1 Å². The number of nitrogens with zero attached hydrogens (tertiary/aromatic N) is 3. The molecule has 6 heteroatoms. The average molecular weight is 345 g/mol. The van der Waals surface area contributed by atoms with Crippen molar-refractivity contribution in [2.45, 2.75) is 32.9 Å². The number of ether oxygens (including phenoxy) is 1. The van der Waals surface area contributed by atoms with Crippen LogP contribution < -0.4 is 0 Å². The van der Waals surface area contributed by atoms with Crippen molar-refractivity contribution in [1.82, 2.24) is 14.7 Å². The van der Waals surface area contributed by atoms with Gasteiger partial charge in [0.15, 0.2) is 0 Å².